The van der Waals surface area contributed by atoms with E-state index in [1.54, 1.807) is 0 Å². The molecule has 7 nitrogen and oxygen atoms in total. The van der Waals surface area contributed by atoms with Crippen LogP contribution in [0, 0.1) is 0 Å². The summed E-state index contributed by atoms with van der Waals surface area (Å²) in [7, 11) is 0. The van der Waals surface area contributed by atoms with Gasteiger partial charge in [-0.15, -0.1) is 0 Å². The van der Waals surface area contributed by atoms with Crippen LogP contribution < -0.4 is 0 Å². The number of fused-ring (bicyclic) bond motifs is 12. The number of hydrogen-bond acceptors (Lipinski definition) is 6. The van der Waals surface area contributed by atoms with Gasteiger partial charge in [-0.2, -0.15) is 0 Å². The van der Waals surface area contributed by atoms with Gasteiger partial charge in [-0.25, -0.2) is 15.0 Å². The van der Waals surface area contributed by atoms with Crippen molar-refractivity contribution in [2.24, 2.45) is 0 Å². The Hall–Kier alpha value is -10.4. The molecule has 0 fully saturated rings. The minimum absolute atomic E-state index is 0.540. The van der Waals surface area contributed by atoms with E-state index in [9.17, 15) is 0 Å². The lowest BCUT2D eigenvalue weighted by atomic mass is 9.95. The fourth-order valence-corrected chi connectivity index (χ4v) is 11.6. The standard InChI is InChI=1S/C69H40N4O3/c1-4-15-41(16-5-1)43-29-33-51-52-34-30-46(40-63(52)75-62(51)39-43)68-70-67(42-17-6-2-7-18-42)71-69(72-68)54-25-14-27-60-65(54)56-38-44(32-36-59(56)74-60)48-22-13-28-61-64(48)53-24-12-23-49(66(53)76-61)45-31-35-58-55(37-45)50-21-10-11-26-57(50)73(58)47-19-8-3-9-20-47/h1-40H. The molecule has 0 bridgehead atoms. The van der Waals surface area contributed by atoms with Crippen LogP contribution in [-0.4, -0.2) is 19.5 Å². The van der Waals surface area contributed by atoms with Crippen LogP contribution in [0.3, 0.4) is 0 Å². The summed E-state index contributed by atoms with van der Waals surface area (Å²) in [6.07, 6.45) is 0. The van der Waals surface area contributed by atoms with Crippen molar-refractivity contribution in [1.29, 1.82) is 0 Å². The van der Waals surface area contributed by atoms with Gasteiger partial charge >= 0.3 is 0 Å². The highest BCUT2D eigenvalue weighted by Gasteiger charge is 2.22. The number of rotatable bonds is 7. The summed E-state index contributed by atoms with van der Waals surface area (Å²) in [5.41, 5.74) is 17.3. The van der Waals surface area contributed by atoms with Crippen LogP contribution in [0.4, 0.5) is 0 Å². The molecule has 0 amide bonds. The van der Waals surface area contributed by atoms with E-state index in [-0.39, 0.29) is 0 Å². The molecular formula is C69H40N4O3. The molecule has 5 heterocycles. The van der Waals surface area contributed by atoms with Gasteiger partial charge in [0.25, 0.3) is 0 Å². The molecule has 0 atom stereocenters. The van der Waals surface area contributed by atoms with Gasteiger partial charge in [-0.3, -0.25) is 0 Å². The molecule has 354 valence electrons. The lowest BCUT2D eigenvalue weighted by molar-refractivity contribution is 0.668. The van der Waals surface area contributed by atoms with Crippen LogP contribution in [0.15, 0.2) is 256 Å². The first kappa shape index (κ1) is 42.2. The Bertz CT molecular complexity index is 4990. The van der Waals surface area contributed by atoms with Crippen LogP contribution in [0.1, 0.15) is 0 Å². The molecule has 5 aromatic heterocycles. The lowest BCUT2D eigenvalue weighted by Gasteiger charge is -2.09. The fraction of sp³-hybridized carbons (Fsp3) is 0. The SMILES string of the molecule is c1ccc(-c2ccc3c(c2)oc2cc(-c4nc(-c5ccccc5)nc(-c5cccc6oc7ccc(-c8cccc9oc%10c(-c%11ccc%12c(c%11)c%11ccccc%11n%12-c%11ccccc%11)cccc%10c89)cc7c56)n4)ccc23)cc1. The number of furan rings is 3. The first-order valence-electron chi connectivity index (χ1n) is 25.5. The van der Waals surface area contributed by atoms with Gasteiger partial charge in [-0.05, 0) is 107 Å². The Labute approximate surface area is 434 Å². The number of para-hydroxylation sites is 3. The predicted molar refractivity (Wildman–Crippen MR) is 309 cm³/mol. The highest BCUT2D eigenvalue weighted by atomic mass is 16.3. The zero-order valence-electron chi connectivity index (χ0n) is 40.6. The second-order valence-corrected chi connectivity index (χ2v) is 19.4. The summed E-state index contributed by atoms with van der Waals surface area (Å²) in [5, 5.41) is 8.48. The van der Waals surface area contributed by atoms with Gasteiger partial charge in [-0.1, -0.05) is 164 Å². The van der Waals surface area contributed by atoms with Crippen LogP contribution >= 0.6 is 0 Å². The maximum absolute atomic E-state index is 6.90. The molecule has 0 unspecified atom stereocenters. The monoisotopic (exact) mass is 972 g/mol. The van der Waals surface area contributed by atoms with Crippen LogP contribution in [0.5, 0.6) is 0 Å². The summed E-state index contributed by atoms with van der Waals surface area (Å²) in [4.78, 5) is 15.6. The third-order valence-electron chi connectivity index (χ3n) is 15.1. The number of hydrogen-bond donors (Lipinski definition) is 0. The molecule has 76 heavy (non-hydrogen) atoms. The normalized spacial score (nSPS) is 11.9. The van der Waals surface area contributed by atoms with E-state index in [2.05, 4.69) is 193 Å². The smallest absolute Gasteiger partial charge is 0.164 e. The van der Waals surface area contributed by atoms with E-state index in [0.717, 1.165) is 127 Å². The third kappa shape index (κ3) is 6.59. The zero-order chi connectivity index (χ0) is 49.8. The Balaban J connectivity index is 0.824. The quantitative estimate of drug-likeness (QED) is 0.158. The van der Waals surface area contributed by atoms with Gasteiger partial charge in [0, 0.05) is 71.0 Å². The average molecular weight is 973 g/mol. The van der Waals surface area contributed by atoms with Crippen molar-refractivity contribution in [2.45, 2.75) is 0 Å². The molecule has 11 aromatic carbocycles. The summed E-state index contributed by atoms with van der Waals surface area (Å²) < 4.78 is 22.5. The first-order valence-corrected chi connectivity index (χ1v) is 25.5. The van der Waals surface area contributed by atoms with E-state index < -0.39 is 0 Å². The molecule has 0 saturated carbocycles. The van der Waals surface area contributed by atoms with Crippen LogP contribution in [0.2, 0.25) is 0 Å². The van der Waals surface area contributed by atoms with Crippen molar-refractivity contribution in [2.75, 3.05) is 0 Å². The molecule has 16 rings (SSSR count). The van der Waals surface area contributed by atoms with Crippen molar-refractivity contribution in [3.05, 3.63) is 243 Å². The van der Waals surface area contributed by atoms with Gasteiger partial charge in [0.1, 0.15) is 33.5 Å². The summed E-state index contributed by atoms with van der Waals surface area (Å²) in [6.45, 7) is 0. The molecular weight excluding hydrogens is 933 g/mol. The van der Waals surface area contributed by atoms with Gasteiger partial charge in [0.05, 0.1) is 11.0 Å². The molecule has 7 heteroatoms. The second-order valence-electron chi connectivity index (χ2n) is 19.4. The summed E-state index contributed by atoms with van der Waals surface area (Å²) in [5.74, 6) is 1.65. The van der Waals surface area contributed by atoms with Gasteiger partial charge < -0.3 is 17.8 Å². The van der Waals surface area contributed by atoms with Gasteiger partial charge in [0.15, 0.2) is 17.5 Å². The van der Waals surface area contributed by atoms with Crippen LogP contribution in [0.25, 0.3) is 161 Å². The van der Waals surface area contributed by atoms with Crippen molar-refractivity contribution in [3.63, 3.8) is 0 Å². The predicted octanol–water partition coefficient (Wildman–Crippen LogP) is 18.7. The van der Waals surface area contributed by atoms with E-state index in [0.29, 0.717) is 17.5 Å². The molecule has 0 N–H and O–H groups in total. The van der Waals surface area contributed by atoms with E-state index in [4.69, 9.17) is 28.2 Å². The topological polar surface area (TPSA) is 83.0 Å². The maximum atomic E-state index is 6.90. The average Bonchev–Trinajstić information content (AvgIpc) is 4.26. The number of benzene rings is 11. The summed E-state index contributed by atoms with van der Waals surface area (Å²) in [6, 6.07) is 84.4. The van der Waals surface area contributed by atoms with E-state index in [1.165, 1.54) is 16.3 Å². The molecule has 0 spiro atoms. The molecule has 16 aromatic rings. The minimum atomic E-state index is 0.540. The fourth-order valence-electron chi connectivity index (χ4n) is 11.6. The van der Waals surface area contributed by atoms with Crippen molar-refractivity contribution >= 4 is 87.6 Å². The maximum Gasteiger partial charge on any atom is 0.164 e. The van der Waals surface area contributed by atoms with Crippen molar-refractivity contribution in [1.82, 2.24) is 19.5 Å². The Morgan fingerprint density at radius 2 is 0.803 bits per heavy atom. The highest BCUT2D eigenvalue weighted by Crippen LogP contribution is 2.45. The van der Waals surface area contributed by atoms with E-state index >= 15 is 0 Å². The zero-order valence-corrected chi connectivity index (χ0v) is 40.6. The molecule has 0 aliphatic heterocycles. The molecule has 0 radical (unpaired) electrons. The van der Waals surface area contributed by atoms with E-state index in [1.807, 2.05) is 54.6 Å². The third-order valence-corrected chi connectivity index (χ3v) is 15.1. The molecule has 0 aliphatic rings. The van der Waals surface area contributed by atoms with Crippen molar-refractivity contribution in [3.8, 4) is 73.2 Å². The highest BCUT2D eigenvalue weighted by molar-refractivity contribution is 6.18. The molecule has 0 aliphatic carbocycles. The van der Waals surface area contributed by atoms with Crippen molar-refractivity contribution < 1.29 is 13.3 Å². The Morgan fingerprint density at radius 3 is 1.61 bits per heavy atom. The number of nitrogens with zero attached hydrogens (tertiary/aromatic N) is 4. The molecule has 0 saturated heterocycles. The Morgan fingerprint density at radius 1 is 0.263 bits per heavy atom. The minimum Gasteiger partial charge on any atom is -0.456 e. The second kappa shape index (κ2) is 16.6. The largest absolute Gasteiger partial charge is 0.456 e. The van der Waals surface area contributed by atoms with Crippen LogP contribution in [-0.2, 0) is 0 Å². The number of aromatic nitrogens is 4. The Kier molecular flexibility index (Phi) is 9.20. The first-order chi connectivity index (χ1) is 37.6. The lowest BCUT2D eigenvalue weighted by Crippen LogP contribution is -2.00. The summed E-state index contributed by atoms with van der Waals surface area (Å²) >= 11 is 0. The van der Waals surface area contributed by atoms with Gasteiger partial charge in [0.2, 0.25) is 0 Å².